The minimum Gasteiger partial charge on any atom is -0.476 e. The Balaban J connectivity index is 1.45. The lowest BCUT2D eigenvalue weighted by Crippen LogP contribution is -2.52. The van der Waals surface area contributed by atoms with Gasteiger partial charge in [-0.1, -0.05) is 41.9 Å². The molecule has 0 aromatic heterocycles. The molecular weight excluding hydrogens is 414 g/mol. The third-order valence-corrected chi connectivity index (χ3v) is 6.51. The number of carbonyl (C=O) groups excluding carboxylic acids is 2. The number of benzene rings is 2. The molecule has 2 amide bonds. The zero-order valence-corrected chi connectivity index (χ0v) is 18.2. The van der Waals surface area contributed by atoms with Gasteiger partial charge in [0.1, 0.15) is 5.75 Å². The van der Waals surface area contributed by atoms with Gasteiger partial charge in [0, 0.05) is 29.7 Å². The van der Waals surface area contributed by atoms with Gasteiger partial charge in [-0.3, -0.25) is 14.5 Å². The number of piperidine rings is 1. The van der Waals surface area contributed by atoms with E-state index in [2.05, 4.69) is 4.90 Å². The molecule has 2 aromatic carbocycles. The van der Waals surface area contributed by atoms with Crippen molar-refractivity contribution in [2.75, 3.05) is 19.6 Å². The van der Waals surface area contributed by atoms with Gasteiger partial charge in [0.25, 0.3) is 5.91 Å². The molecule has 2 unspecified atom stereocenters. The largest absolute Gasteiger partial charge is 0.476 e. The maximum absolute atomic E-state index is 13.5. The number of nitrogens with two attached hydrogens (primary N) is 1. The molecule has 2 N–H and O–H groups in total. The summed E-state index contributed by atoms with van der Waals surface area (Å²) < 4.78 is 6.12. The summed E-state index contributed by atoms with van der Waals surface area (Å²) in [5, 5.41) is 0.619. The van der Waals surface area contributed by atoms with Crippen LogP contribution in [0.3, 0.4) is 0 Å². The summed E-state index contributed by atoms with van der Waals surface area (Å²) in [5.74, 6) is 0.312. The van der Waals surface area contributed by atoms with Gasteiger partial charge in [0.05, 0.1) is 6.04 Å². The number of hydrogen-bond donors (Lipinski definition) is 1. The molecule has 2 aromatic rings. The summed E-state index contributed by atoms with van der Waals surface area (Å²) >= 11 is 5.98. The standard InChI is InChI=1S/C24H28ClN3O3/c25-18-8-10-20(11-9-18)31-22(17-5-2-1-3-6-17)24(30)27-15-12-19(13-16-27)28-14-4-7-21(28)23(26)29/h1-3,5-6,8-11,19,21-22H,4,7,12-16H2,(H2,26,29). The Labute approximate surface area is 187 Å². The van der Waals surface area contributed by atoms with Crippen molar-refractivity contribution in [3.8, 4) is 5.75 Å². The van der Waals surface area contributed by atoms with Crippen LogP contribution in [-0.2, 0) is 9.59 Å². The highest BCUT2D eigenvalue weighted by Crippen LogP contribution is 2.29. The summed E-state index contributed by atoms with van der Waals surface area (Å²) in [5.41, 5.74) is 6.40. The Hall–Kier alpha value is -2.57. The van der Waals surface area contributed by atoms with Crippen LogP contribution in [0.5, 0.6) is 5.75 Å². The number of primary amides is 1. The van der Waals surface area contributed by atoms with Gasteiger partial charge in [0.2, 0.25) is 12.0 Å². The van der Waals surface area contributed by atoms with Crippen molar-refractivity contribution in [1.82, 2.24) is 9.80 Å². The van der Waals surface area contributed by atoms with Crippen LogP contribution in [0.1, 0.15) is 37.4 Å². The molecule has 2 aliphatic rings. The molecule has 0 radical (unpaired) electrons. The van der Waals surface area contributed by atoms with Crippen LogP contribution in [0.4, 0.5) is 0 Å². The average Bonchev–Trinajstić information content (AvgIpc) is 3.29. The summed E-state index contributed by atoms with van der Waals surface area (Å²) in [6, 6.07) is 16.7. The van der Waals surface area contributed by atoms with Crippen LogP contribution in [0.2, 0.25) is 5.02 Å². The first-order chi connectivity index (χ1) is 15.0. The maximum atomic E-state index is 13.5. The summed E-state index contributed by atoms with van der Waals surface area (Å²) in [4.78, 5) is 29.3. The molecule has 2 atom stereocenters. The Bertz CT molecular complexity index is 898. The van der Waals surface area contributed by atoms with Crippen LogP contribution < -0.4 is 10.5 Å². The Morgan fingerprint density at radius 2 is 1.65 bits per heavy atom. The fraction of sp³-hybridized carbons (Fsp3) is 0.417. The molecule has 0 aliphatic carbocycles. The lowest BCUT2D eigenvalue weighted by Gasteiger charge is -2.39. The van der Waals surface area contributed by atoms with E-state index in [-0.39, 0.29) is 23.9 Å². The highest BCUT2D eigenvalue weighted by molar-refractivity contribution is 6.30. The van der Waals surface area contributed by atoms with Gasteiger partial charge in [0.15, 0.2) is 0 Å². The van der Waals surface area contributed by atoms with Crippen molar-refractivity contribution in [3.05, 3.63) is 65.2 Å². The molecule has 164 valence electrons. The van der Waals surface area contributed by atoms with Crippen LogP contribution in [0.15, 0.2) is 54.6 Å². The van der Waals surface area contributed by atoms with E-state index < -0.39 is 6.10 Å². The number of hydrogen-bond acceptors (Lipinski definition) is 4. The van der Waals surface area contributed by atoms with Crippen molar-refractivity contribution >= 4 is 23.4 Å². The number of nitrogens with zero attached hydrogens (tertiary/aromatic N) is 2. The van der Waals surface area contributed by atoms with E-state index in [0.717, 1.165) is 37.8 Å². The number of carbonyl (C=O) groups is 2. The summed E-state index contributed by atoms with van der Waals surface area (Å²) in [7, 11) is 0. The van der Waals surface area contributed by atoms with Gasteiger partial charge >= 0.3 is 0 Å². The van der Waals surface area contributed by atoms with Crippen LogP contribution in [0.25, 0.3) is 0 Å². The molecular formula is C24H28ClN3O3. The van der Waals surface area contributed by atoms with Crippen molar-refractivity contribution in [3.63, 3.8) is 0 Å². The van der Waals surface area contributed by atoms with E-state index in [4.69, 9.17) is 22.1 Å². The molecule has 2 saturated heterocycles. The normalized spacial score (nSPS) is 21.1. The lowest BCUT2D eigenvalue weighted by atomic mass is 10.00. The molecule has 0 saturated carbocycles. The third-order valence-electron chi connectivity index (χ3n) is 6.26. The van der Waals surface area contributed by atoms with Crippen molar-refractivity contribution in [1.29, 1.82) is 0 Å². The van der Waals surface area contributed by atoms with E-state index in [0.29, 0.717) is 23.9 Å². The maximum Gasteiger partial charge on any atom is 0.268 e. The quantitative estimate of drug-likeness (QED) is 0.745. The van der Waals surface area contributed by atoms with E-state index in [1.54, 1.807) is 24.3 Å². The third kappa shape index (κ3) is 5.02. The molecule has 2 fully saturated rings. The minimum absolute atomic E-state index is 0.0486. The Kier molecular flexibility index (Phi) is 6.78. The molecule has 7 heteroatoms. The van der Waals surface area contributed by atoms with Crippen LogP contribution in [0, 0.1) is 0 Å². The number of rotatable bonds is 6. The second-order valence-electron chi connectivity index (χ2n) is 8.22. The topological polar surface area (TPSA) is 75.9 Å². The second-order valence-corrected chi connectivity index (χ2v) is 8.65. The van der Waals surface area contributed by atoms with E-state index in [9.17, 15) is 9.59 Å². The predicted octanol–water partition coefficient (Wildman–Crippen LogP) is 3.40. The van der Waals surface area contributed by atoms with E-state index in [1.165, 1.54) is 0 Å². The first-order valence-corrected chi connectivity index (χ1v) is 11.2. The molecule has 4 rings (SSSR count). The SMILES string of the molecule is NC(=O)C1CCCN1C1CCN(C(=O)C(Oc2ccc(Cl)cc2)c2ccccc2)CC1. The number of amides is 2. The van der Waals surface area contributed by atoms with Crippen LogP contribution in [-0.4, -0.2) is 53.3 Å². The zero-order chi connectivity index (χ0) is 21.8. The monoisotopic (exact) mass is 441 g/mol. The molecule has 0 spiro atoms. The van der Waals surface area contributed by atoms with Crippen molar-refractivity contribution < 1.29 is 14.3 Å². The van der Waals surface area contributed by atoms with Gasteiger partial charge in [-0.05, 0) is 56.5 Å². The Morgan fingerprint density at radius 1 is 0.968 bits per heavy atom. The van der Waals surface area contributed by atoms with E-state index in [1.807, 2.05) is 35.2 Å². The Morgan fingerprint density at radius 3 is 2.29 bits per heavy atom. The van der Waals surface area contributed by atoms with Gasteiger partial charge < -0.3 is 15.4 Å². The fourth-order valence-electron chi connectivity index (χ4n) is 4.65. The summed E-state index contributed by atoms with van der Waals surface area (Å²) in [6.07, 6.45) is 2.77. The van der Waals surface area contributed by atoms with Gasteiger partial charge in [-0.25, -0.2) is 0 Å². The highest BCUT2D eigenvalue weighted by atomic mass is 35.5. The average molecular weight is 442 g/mol. The first kappa shape index (κ1) is 21.7. The number of ether oxygens (including phenoxy) is 1. The highest BCUT2D eigenvalue weighted by Gasteiger charge is 2.37. The predicted molar refractivity (Wildman–Crippen MR) is 120 cm³/mol. The second kappa shape index (κ2) is 9.71. The smallest absolute Gasteiger partial charge is 0.268 e. The number of likely N-dealkylation sites (tertiary alicyclic amines) is 2. The lowest BCUT2D eigenvalue weighted by molar-refractivity contribution is -0.141. The van der Waals surface area contributed by atoms with E-state index >= 15 is 0 Å². The summed E-state index contributed by atoms with van der Waals surface area (Å²) in [6.45, 7) is 2.18. The van der Waals surface area contributed by atoms with Crippen LogP contribution >= 0.6 is 11.6 Å². The molecule has 2 heterocycles. The van der Waals surface area contributed by atoms with Crippen molar-refractivity contribution in [2.45, 2.75) is 43.9 Å². The molecule has 2 aliphatic heterocycles. The fourth-order valence-corrected chi connectivity index (χ4v) is 4.78. The zero-order valence-electron chi connectivity index (χ0n) is 17.5. The van der Waals surface area contributed by atoms with Gasteiger partial charge in [-0.2, -0.15) is 0 Å². The van der Waals surface area contributed by atoms with Crippen molar-refractivity contribution in [2.24, 2.45) is 5.73 Å². The molecule has 6 nitrogen and oxygen atoms in total. The molecule has 31 heavy (non-hydrogen) atoms. The minimum atomic E-state index is -0.718. The molecule has 0 bridgehead atoms. The first-order valence-electron chi connectivity index (χ1n) is 10.8. The van der Waals surface area contributed by atoms with Gasteiger partial charge in [-0.15, -0.1) is 0 Å². The number of halogens is 1.